The summed E-state index contributed by atoms with van der Waals surface area (Å²) in [6, 6.07) is 0. The molecular formula is C8H16N8. The van der Waals surface area contributed by atoms with Gasteiger partial charge in [0, 0.05) is 7.05 Å². The van der Waals surface area contributed by atoms with Gasteiger partial charge in [0.05, 0.1) is 6.33 Å². The van der Waals surface area contributed by atoms with Crippen LogP contribution in [0.5, 0.6) is 0 Å². The molecule has 88 valence electrons. The predicted octanol–water partition coefficient (Wildman–Crippen LogP) is -0.0393. The Balaban J connectivity index is 0.000000606. The molecule has 2 heterocycles. The molecule has 0 saturated carbocycles. The largest absolute Gasteiger partial charge is 0.318 e. The average molecular weight is 224 g/mol. The molecule has 0 aliphatic carbocycles. The summed E-state index contributed by atoms with van der Waals surface area (Å²) in [4.78, 5) is 12.2. The number of nitrogens with one attached hydrogen (secondary N) is 2. The molecule has 0 bridgehead atoms. The number of nitrogens with zero attached hydrogens (tertiary/aromatic N) is 4. The zero-order valence-electron chi connectivity index (χ0n) is 9.52. The van der Waals surface area contributed by atoms with E-state index in [1.165, 1.54) is 0 Å². The van der Waals surface area contributed by atoms with E-state index in [0.717, 1.165) is 0 Å². The van der Waals surface area contributed by atoms with Gasteiger partial charge in [-0.3, -0.25) is 5.43 Å². The lowest BCUT2D eigenvalue weighted by atomic mass is 10.5. The van der Waals surface area contributed by atoms with Crippen molar-refractivity contribution < 1.29 is 0 Å². The van der Waals surface area contributed by atoms with E-state index in [-0.39, 0.29) is 5.95 Å². The number of anilines is 2. The fourth-order valence-corrected chi connectivity index (χ4v) is 1.17. The number of imidazole rings is 1. The van der Waals surface area contributed by atoms with Crippen LogP contribution in [0.25, 0.3) is 11.2 Å². The van der Waals surface area contributed by atoms with Crippen LogP contribution in [0.15, 0.2) is 6.33 Å². The molecule has 2 aromatic heterocycles. The molecule has 0 atom stereocenters. The molecule has 0 spiro atoms. The van der Waals surface area contributed by atoms with Crippen molar-refractivity contribution in [2.45, 2.75) is 13.8 Å². The highest BCUT2D eigenvalue weighted by molar-refractivity contribution is 5.83. The SMILES string of the molecule is CC.Cn1cnc2c(NN)nc(NN)nc21. The van der Waals surface area contributed by atoms with Crippen molar-refractivity contribution in [2.24, 2.45) is 18.7 Å². The zero-order chi connectivity index (χ0) is 12.1. The summed E-state index contributed by atoms with van der Waals surface area (Å²) in [5.74, 6) is 11.2. The van der Waals surface area contributed by atoms with Crippen molar-refractivity contribution in [1.29, 1.82) is 0 Å². The number of hydrazine groups is 2. The van der Waals surface area contributed by atoms with Crippen LogP contribution in [0.1, 0.15) is 13.8 Å². The van der Waals surface area contributed by atoms with Crippen LogP contribution in [0.3, 0.4) is 0 Å². The molecule has 8 nitrogen and oxygen atoms in total. The minimum atomic E-state index is 0.286. The number of aromatic nitrogens is 4. The standard InChI is InChI=1S/C6H10N8.C2H6/c1-14-2-9-3-4(12-7)10-6(13-8)11-5(3)14;1-2/h2H,7-8H2,1H3,(H2,10,11,12,13);1-2H3. The first kappa shape index (κ1) is 12.1. The van der Waals surface area contributed by atoms with E-state index in [0.29, 0.717) is 17.0 Å². The Morgan fingerprint density at radius 3 is 2.44 bits per heavy atom. The minimum Gasteiger partial charge on any atom is -0.318 e. The van der Waals surface area contributed by atoms with Crippen LogP contribution in [0, 0.1) is 0 Å². The van der Waals surface area contributed by atoms with Gasteiger partial charge in [-0.05, 0) is 0 Å². The van der Waals surface area contributed by atoms with E-state index in [1.807, 2.05) is 20.9 Å². The number of aryl methyl sites for hydroxylation is 1. The van der Waals surface area contributed by atoms with Gasteiger partial charge in [0.2, 0.25) is 5.95 Å². The number of hydrogen-bond donors (Lipinski definition) is 4. The van der Waals surface area contributed by atoms with Gasteiger partial charge < -0.3 is 9.99 Å². The van der Waals surface area contributed by atoms with Crippen molar-refractivity contribution in [3.63, 3.8) is 0 Å². The highest BCUT2D eigenvalue weighted by Crippen LogP contribution is 2.18. The fraction of sp³-hybridized carbons (Fsp3) is 0.375. The van der Waals surface area contributed by atoms with Crippen molar-refractivity contribution in [3.05, 3.63) is 6.33 Å². The van der Waals surface area contributed by atoms with E-state index >= 15 is 0 Å². The monoisotopic (exact) mass is 224 g/mol. The second-order valence-electron chi connectivity index (χ2n) is 2.71. The zero-order valence-corrected chi connectivity index (χ0v) is 9.52. The van der Waals surface area contributed by atoms with Gasteiger partial charge in [-0.15, -0.1) is 0 Å². The molecule has 0 aromatic carbocycles. The summed E-state index contributed by atoms with van der Waals surface area (Å²) >= 11 is 0. The second-order valence-corrected chi connectivity index (χ2v) is 2.71. The summed E-state index contributed by atoms with van der Waals surface area (Å²) in [6.45, 7) is 4.00. The molecule has 0 radical (unpaired) electrons. The molecule has 0 fully saturated rings. The summed E-state index contributed by atoms with van der Waals surface area (Å²) in [5, 5.41) is 0. The highest BCUT2D eigenvalue weighted by Gasteiger charge is 2.09. The van der Waals surface area contributed by atoms with E-state index in [2.05, 4.69) is 25.8 Å². The maximum absolute atomic E-state index is 5.29. The van der Waals surface area contributed by atoms with Crippen molar-refractivity contribution >= 4 is 22.9 Å². The maximum Gasteiger partial charge on any atom is 0.241 e. The Morgan fingerprint density at radius 2 is 1.88 bits per heavy atom. The molecule has 0 saturated heterocycles. The third-order valence-corrected chi connectivity index (χ3v) is 1.83. The third kappa shape index (κ3) is 2.02. The Labute approximate surface area is 93.0 Å². The van der Waals surface area contributed by atoms with Crippen LogP contribution in [0.4, 0.5) is 11.8 Å². The molecule has 6 N–H and O–H groups in total. The minimum absolute atomic E-state index is 0.286. The fourth-order valence-electron chi connectivity index (χ4n) is 1.17. The number of nitrogens with two attached hydrogens (primary N) is 2. The second kappa shape index (κ2) is 5.24. The molecule has 0 amide bonds. The number of nitrogen functional groups attached to an aromatic ring is 2. The Morgan fingerprint density at radius 1 is 1.19 bits per heavy atom. The van der Waals surface area contributed by atoms with E-state index in [9.17, 15) is 0 Å². The lowest BCUT2D eigenvalue weighted by molar-refractivity contribution is 0.927. The molecule has 2 aromatic rings. The Kier molecular flexibility index (Phi) is 3.97. The van der Waals surface area contributed by atoms with Gasteiger partial charge in [-0.25, -0.2) is 16.7 Å². The molecule has 0 aliphatic rings. The molecule has 0 aliphatic heterocycles. The lowest BCUT2D eigenvalue weighted by Crippen LogP contribution is -2.15. The average Bonchev–Trinajstić information content (AvgIpc) is 2.72. The van der Waals surface area contributed by atoms with Gasteiger partial charge in [0.15, 0.2) is 17.0 Å². The predicted molar refractivity (Wildman–Crippen MR) is 63.3 cm³/mol. The van der Waals surface area contributed by atoms with Gasteiger partial charge in [0.25, 0.3) is 0 Å². The molecule has 8 heteroatoms. The van der Waals surface area contributed by atoms with E-state index in [4.69, 9.17) is 11.7 Å². The van der Waals surface area contributed by atoms with Gasteiger partial charge in [-0.2, -0.15) is 9.97 Å². The Bertz CT molecular complexity index is 462. The topological polar surface area (TPSA) is 120 Å². The summed E-state index contributed by atoms with van der Waals surface area (Å²) in [7, 11) is 1.82. The maximum atomic E-state index is 5.29. The summed E-state index contributed by atoms with van der Waals surface area (Å²) in [5.41, 5.74) is 6.05. The number of hydrogen-bond acceptors (Lipinski definition) is 7. The third-order valence-electron chi connectivity index (χ3n) is 1.83. The van der Waals surface area contributed by atoms with Crippen molar-refractivity contribution in [2.75, 3.05) is 10.9 Å². The Hall–Kier alpha value is -1.93. The quantitative estimate of drug-likeness (QED) is 0.417. The number of fused-ring (bicyclic) bond motifs is 1. The van der Waals surface area contributed by atoms with Crippen LogP contribution in [0.2, 0.25) is 0 Å². The first-order chi connectivity index (χ1) is 7.76. The molecular weight excluding hydrogens is 208 g/mol. The van der Waals surface area contributed by atoms with Crippen molar-refractivity contribution in [1.82, 2.24) is 19.5 Å². The van der Waals surface area contributed by atoms with Gasteiger partial charge >= 0.3 is 0 Å². The smallest absolute Gasteiger partial charge is 0.241 e. The van der Waals surface area contributed by atoms with Crippen LogP contribution >= 0.6 is 0 Å². The highest BCUT2D eigenvalue weighted by atomic mass is 15.3. The first-order valence-electron chi connectivity index (χ1n) is 4.88. The molecule has 0 unspecified atom stereocenters. The lowest BCUT2D eigenvalue weighted by Gasteiger charge is -2.03. The van der Waals surface area contributed by atoms with E-state index < -0.39 is 0 Å². The van der Waals surface area contributed by atoms with Gasteiger partial charge in [-0.1, -0.05) is 13.8 Å². The molecule has 2 rings (SSSR count). The van der Waals surface area contributed by atoms with Crippen LogP contribution < -0.4 is 22.5 Å². The first-order valence-corrected chi connectivity index (χ1v) is 4.88. The normalized spacial score (nSPS) is 9.56. The van der Waals surface area contributed by atoms with Crippen LogP contribution in [-0.2, 0) is 7.05 Å². The summed E-state index contributed by atoms with van der Waals surface area (Å²) in [6.07, 6.45) is 1.63. The summed E-state index contributed by atoms with van der Waals surface area (Å²) < 4.78 is 1.75. The van der Waals surface area contributed by atoms with Crippen LogP contribution in [-0.4, -0.2) is 19.5 Å². The van der Waals surface area contributed by atoms with E-state index in [1.54, 1.807) is 10.9 Å². The van der Waals surface area contributed by atoms with Gasteiger partial charge in [0.1, 0.15) is 0 Å². The number of rotatable bonds is 2. The molecule has 16 heavy (non-hydrogen) atoms. The van der Waals surface area contributed by atoms with Crippen molar-refractivity contribution in [3.8, 4) is 0 Å².